The number of carbonyl (C=O) groups is 1. The third-order valence-corrected chi connectivity index (χ3v) is 4.86. The fourth-order valence-electron chi connectivity index (χ4n) is 3.44. The monoisotopic (exact) mass is 387 g/mol. The summed E-state index contributed by atoms with van der Waals surface area (Å²) in [5.41, 5.74) is 2.93. The second-order valence-electron chi connectivity index (χ2n) is 6.49. The van der Waals surface area contributed by atoms with Crippen molar-refractivity contribution >= 4 is 35.4 Å². The van der Waals surface area contributed by atoms with Crippen molar-refractivity contribution in [2.75, 3.05) is 37.6 Å². The van der Waals surface area contributed by atoms with E-state index < -0.39 is 0 Å². The lowest BCUT2D eigenvalue weighted by atomic mass is 10.0. The largest absolute Gasteiger partial charge is 0.507 e. The van der Waals surface area contributed by atoms with E-state index in [1.807, 2.05) is 52.3 Å². The maximum Gasteiger partial charge on any atom is 0.253 e. The highest BCUT2D eigenvalue weighted by Gasteiger charge is 2.25. The number of aliphatic hydroxyl groups is 2. The van der Waals surface area contributed by atoms with E-state index in [0.29, 0.717) is 11.1 Å². The average Bonchev–Trinajstić information content (AvgIpc) is 2.71. The Bertz CT molecular complexity index is 861. The highest BCUT2D eigenvalue weighted by atomic mass is 35.5. The Labute approximate surface area is 164 Å². The molecule has 0 radical (unpaired) electrons. The van der Waals surface area contributed by atoms with Gasteiger partial charge in [-0.3, -0.25) is 4.79 Å². The molecule has 27 heavy (non-hydrogen) atoms. The number of nitrogens with one attached hydrogen (secondary N) is 1. The second-order valence-corrected chi connectivity index (χ2v) is 6.49. The quantitative estimate of drug-likeness (QED) is 0.738. The van der Waals surface area contributed by atoms with Gasteiger partial charge in [0, 0.05) is 43.0 Å². The summed E-state index contributed by atoms with van der Waals surface area (Å²) in [7, 11) is 0. The predicted molar refractivity (Wildman–Crippen MR) is 108 cm³/mol. The maximum absolute atomic E-state index is 12.6. The van der Waals surface area contributed by atoms with Crippen LogP contribution in [0.5, 0.6) is 0 Å². The van der Waals surface area contributed by atoms with Crippen molar-refractivity contribution in [1.29, 1.82) is 0 Å². The molecule has 1 fully saturated rings. The Kier molecular flexibility index (Phi) is 5.58. The number of anilines is 2. The van der Waals surface area contributed by atoms with Crippen molar-refractivity contribution < 1.29 is 15.0 Å². The van der Waals surface area contributed by atoms with Crippen LogP contribution in [-0.4, -0.2) is 53.7 Å². The zero-order valence-electron chi connectivity index (χ0n) is 14.8. The summed E-state index contributed by atoms with van der Waals surface area (Å²) in [6.45, 7) is 3.27. The van der Waals surface area contributed by atoms with Crippen LogP contribution < -0.4 is 10.2 Å². The molecule has 2 aromatic carbocycles. The lowest BCUT2D eigenvalue weighted by molar-refractivity contribution is 0.0736. The lowest BCUT2D eigenvalue weighted by Gasteiger charge is -2.31. The zero-order chi connectivity index (χ0) is 18.1. The summed E-state index contributed by atoms with van der Waals surface area (Å²) >= 11 is 0. The molecule has 0 atom stereocenters. The number of carbonyl (C=O) groups excluding carboxylic acids is 1. The van der Waals surface area contributed by atoms with Crippen LogP contribution in [0.15, 0.2) is 54.3 Å². The predicted octanol–water partition coefficient (Wildman–Crippen LogP) is 3.09. The minimum atomic E-state index is -0.0812. The Balaban J connectivity index is 0.00000210. The second kappa shape index (κ2) is 7.90. The molecule has 142 valence electrons. The molecular formula is C20H22ClN3O3. The third-order valence-electron chi connectivity index (χ3n) is 4.86. The van der Waals surface area contributed by atoms with Crippen molar-refractivity contribution in [2.45, 2.75) is 0 Å². The molecule has 2 aromatic rings. The molecule has 1 saturated heterocycles. The van der Waals surface area contributed by atoms with Gasteiger partial charge in [0.05, 0.1) is 12.2 Å². The number of nitrogens with zero attached hydrogens (tertiary/aromatic N) is 2. The molecule has 2 aliphatic rings. The van der Waals surface area contributed by atoms with Crippen molar-refractivity contribution in [3.05, 3.63) is 65.4 Å². The zero-order valence-corrected chi connectivity index (χ0v) is 15.6. The van der Waals surface area contributed by atoms with Crippen LogP contribution in [0.2, 0.25) is 0 Å². The first kappa shape index (κ1) is 19.1. The molecule has 0 unspecified atom stereocenters. The number of piperazine rings is 1. The lowest BCUT2D eigenvalue weighted by Crippen LogP contribution is -2.46. The summed E-state index contributed by atoms with van der Waals surface area (Å²) in [4.78, 5) is 16.4. The van der Waals surface area contributed by atoms with E-state index in [1.54, 1.807) is 6.07 Å². The van der Waals surface area contributed by atoms with Gasteiger partial charge >= 0.3 is 0 Å². The van der Waals surface area contributed by atoms with Crippen LogP contribution in [0.3, 0.4) is 0 Å². The third kappa shape index (κ3) is 3.59. The van der Waals surface area contributed by atoms with Gasteiger partial charge < -0.3 is 25.3 Å². The SMILES string of the molecule is Cl.O=C(c1ccc(N2CC(O)=C(O)c3ccccc32)cc1)N1CCNCC1. The standard InChI is InChI=1S/C20H21N3O3.ClH/c24-18-13-23(17-4-2-1-3-16(17)19(18)25)15-7-5-14(6-8-15)20(26)22-11-9-21-10-12-22;/h1-8,21,24-25H,9-13H2;1H. The van der Waals surface area contributed by atoms with E-state index in [4.69, 9.17) is 0 Å². The highest BCUT2D eigenvalue weighted by Crippen LogP contribution is 2.37. The van der Waals surface area contributed by atoms with Gasteiger partial charge in [0.15, 0.2) is 11.5 Å². The summed E-state index contributed by atoms with van der Waals surface area (Å²) in [6.07, 6.45) is 0. The molecule has 2 heterocycles. The van der Waals surface area contributed by atoms with E-state index >= 15 is 0 Å². The molecule has 0 aliphatic carbocycles. The molecular weight excluding hydrogens is 366 g/mol. The number of para-hydroxylation sites is 1. The van der Waals surface area contributed by atoms with Gasteiger partial charge in [-0.2, -0.15) is 0 Å². The minimum absolute atomic E-state index is 0. The van der Waals surface area contributed by atoms with Crippen LogP contribution in [-0.2, 0) is 0 Å². The van der Waals surface area contributed by atoms with Gasteiger partial charge in [-0.15, -0.1) is 12.4 Å². The smallest absolute Gasteiger partial charge is 0.253 e. The average molecular weight is 388 g/mol. The summed E-state index contributed by atoms with van der Waals surface area (Å²) in [5, 5.41) is 23.4. The number of hydrogen-bond acceptors (Lipinski definition) is 5. The number of halogens is 1. The Hall–Kier alpha value is -2.70. The van der Waals surface area contributed by atoms with Gasteiger partial charge in [0.2, 0.25) is 0 Å². The Morgan fingerprint density at radius 2 is 1.63 bits per heavy atom. The number of hydrogen-bond donors (Lipinski definition) is 3. The molecule has 0 saturated carbocycles. The topological polar surface area (TPSA) is 76.0 Å². The molecule has 0 aromatic heterocycles. The molecule has 2 aliphatic heterocycles. The van der Waals surface area contributed by atoms with E-state index in [9.17, 15) is 15.0 Å². The summed E-state index contributed by atoms with van der Waals surface area (Å²) in [5.74, 6) is -0.107. The number of fused-ring (bicyclic) bond motifs is 1. The fraction of sp³-hybridized carbons (Fsp3) is 0.250. The number of aliphatic hydroxyl groups excluding tert-OH is 2. The van der Waals surface area contributed by atoms with Crippen molar-refractivity contribution in [1.82, 2.24) is 10.2 Å². The first-order valence-electron chi connectivity index (χ1n) is 8.73. The van der Waals surface area contributed by atoms with Gasteiger partial charge in [-0.1, -0.05) is 12.1 Å². The van der Waals surface area contributed by atoms with Crippen LogP contribution in [0.1, 0.15) is 15.9 Å². The molecule has 3 N–H and O–H groups in total. The minimum Gasteiger partial charge on any atom is -0.507 e. The number of rotatable bonds is 2. The van der Waals surface area contributed by atoms with Crippen molar-refractivity contribution in [3.63, 3.8) is 0 Å². The molecule has 0 spiro atoms. The first-order chi connectivity index (χ1) is 12.6. The van der Waals surface area contributed by atoms with Crippen LogP contribution in [0, 0.1) is 0 Å². The molecule has 0 bridgehead atoms. The first-order valence-corrected chi connectivity index (χ1v) is 8.73. The molecule has 4 rings (SSSR count). The van der Waals surface area contributed by atoms with Gasteiger partial charge in [-0.05, 0) is 36.4 Å². The fourth-order valence-corrected chi connectivity index (χ4v) is 3.44. The van der Waals surface area contributed by atoms with Gasteiger partial charge in [-0.25, -0.2) is 0 Å². The summed E-state index contributed by atoms with van der Waals surface area (Å²) < 4.78 is 0. The molecule has 6 nitrogen and oxygen atoms in total. The van der Waals surface area contributed by atoms with Crippen molar-refractivity contribution in [3.8, 4) is 0 Å². The van der Waals surface area contributed by atoms with Crippen LogP contribution >= 0.6 is 12.4 Å². The van der Waals surface area contributed by atoms with Crippen molar-refractivity contribution in [2.24, 2.45) is 0 Å². The van der Waals surface area contributed by atoms with Crippen LogP contribution in [0.4, 0.5) is 11.4 Å². The maximum atomic E-state index is 12.6. The number of benzene rings is 2. The van der Waals surface area contributed by atoms with Gasteiger partial charge in [0.1, 0.15) is 0 Å². The molecule has 7 heteroatoms. The normalized spacial score (nSPS) is 16.6. The van der Waals surface area contributed by atoms with Gasteiger partial charge in [0.25, 0.3) is 5.91 Å². The summed E-state index contributed by atoms with van der Waals surface area (Å²) in [6, 6.07) is 14.8. The Morgan fingerprint density at radius 1 is 0.963 bits per heavy atom. The Morgan fingerprint density at radius 3 is 2.33 bits per heavy atom. The van der Waals surface area contributed by atoms with E-state index in [2.05, 4.69) is 5.32 Å². The van der Waals surface area contributed by atoms with E-state index in [1.165, 1.54) is 0 Å². The highest BCUT2D eigenvalue weighted by molar-refractivity contribution is 5.95. The molecule has 1 amide bonds. The number of amides is 1. The van der Waals surface area contributed by atoms with Crippen LogP contribution in [0.25, 0.3) is 5.76 Å². The van der Waals surface area contributed by atoms with E-state index in [-0.39, 0.29) is 36.4 Å². The van der Waals surface area contributed by atoms with E-state index in [0.717, 1.165) is 37.6 Å².